The summed E-state index contributed by atoms with van der Waals surface area (Å²) in [5.74, 6) is -0.566. The summed E-state index contributed by atoms with van der Waals surface area (Å²) in [5.41, 5.74) is 7.36. The lowest BCUT2D eigenvalue weighted by molar-refractivity contribution is -0.135. The first-order chi connectivity index (χ1) is 13.9. The molecule has 2 aliphatic heterocycles. The Morgan fingerprint density at radius 1 is 1.34 bits per heavy atom. The molecule has 29 heavy (non-hydrogen) atoms. The Morgan fingerprint density at radius 3 is 2.97 bits per heavy atom. The van der Waals surface area contributed by atoms with Crippen molar-refractivity contribution in [2.45, 2.75) is 37.8 Å². The molecule has 1 unspecified atom stereocenters. The lowest BCUT2D eigenvalue weighted by Gasteiger charge is -2.33. The summed E-state index contributed by atoms with van der Waals surface area (Å²) in [7, 11) is 0. The van der Waals surface area contributed by atoms with Gasteiger partial charge in [0.05, 0.1) is 6.42 Å². The van der Waals surface area contributed by atoms with Crippen LogP contribution in [0.25, 0.3) is 0 Å². The van der Waals surface area contributed by atoms with Crippen molar-refractivity contribution in [3.63, 3.8) is 0 Å². The Morgan fingerprint density at radius 2 is 2.17 bits per heavy atom. The Hall–Kier alpha value is -2.74. The van der Waals surface area contributed by atoms with Gasteiger partial charge in [-0.3, -0.25) is 9.59 Å². The second-order valence-electron chi connectivity index (χ2n) is 7.38. The number of carbonyl (C=O) groups is 3. The van der Waals surface area contributed by atoms with Gasteiger partial charge < -0.3 is 26.6 Å². The average Bonchev–Trinajstić information content (AvgIpc) is 3.08. The molecule has 0 aliphatic carbocycles. The number of hydrogen-bond acceptors (Lipinski definition) is 5. The minimum Gasteiger partial charge on any atom is -0.404 e. The first-order valence-corrected chi connectivity index (χ1v) is 10.1. The van der Waals surface area contributed by atoms with Gasteiger partial charge in [0.2, 0.25) is 5.91 Å². The van der Waals surface area contributed by atoms with Crippen LogP contribution in [-0.4, -0.2) is 54.3 Å². The molecule has 2 heterocycles. The van der Waals surface area contributed by atoms with Gasteiger partial charge in [-0.05, 0) is 55.3 Å². The Labute approximate surface area is 174 Å². The number of nitrogens with one attached hydrogen (secondary N) is 3. The van der Waals surface area contributed by atoms with Gasteiger partial charge in [0.25, 0.3) is 0 Å². The van der Waals surface area contributed by atoms with Gasteiger partial charge in [0.1, 0.15) is 0 Å². The number of piperidine rings is 1. The molecule has 9 heteroatoms. The fourth-order valence-corrected chi connectivity index (χ4v) is 3.93. The molecule has 2 atom stereocenters. The highest BCUT2D eigenvalue weighted by Crippen LogP contribution is 2.28. The van der Waals surface area contributed by atoms with Crippen LogP contribution < -0.4 is 21.7 Å². The van der Waals surface area contributed by atoms with Gasteiger partial charge in [0.15, 0.2) is 5.78 Å². The third kappa shape index (κ3) is 5.87. The van der Waals surface area contributed by atoms with Crippen molar-refractivity contribution in [1.29, 1.82) is 0 Å². The van der Waals surface area contributed by atoms with E-state index in [9.17, 15) is 14.4 Å². The highest BCUT2D eigenvalue weighted by molar-refractivity contribution is 6.30. The van der Waals surface area contributed by atoms with E-state index >= 15 is 0 Å². The molecular formula is C20H26ClN5O3. The van der Waals surface area contributed by atoms with E-state index in [1.165, 1.54) is 6.08 Å². The van der Waals surface area contributed by atoms with Crippen LogP contribution in [0.3, 0.4) is 0 Å². The number of nitrogens with zero attached hydrogens (tertiary/aromatic N) is 1. The molecule has 5 N–H and O–H groups in total. The maximum absolute atomic E-state index is 12.3. The van der Waals surface area contributed by atoms with Crippen LogP contribution >= 0.6 is 11.6 Å². The van der Waals surface area contributed by atoms with E-state index in [4.69, 9.17) is 17.3 Å². The van der Waals surface area contributed by atoms with Crippen LogP contribution in [0.2, 0.25) is 5.02 Å². The van der Waals surface area contributed by atoms with E-state index in [0.29, 0.717) is 24.7 Å². The van der Waals surface area contributed by atoms with E-state index in [0.717, 1.165) is 36.7 Å². The standard InChI is InChI=1S/C20H26ClN5O3/c21-14-3-4-18-13(8-14)9-16(24-18)11-23-20(29)25-15-2-1-7-26(12-15)19(28)10-17(27)5-6-22/h3-6,8,15-16,24H,1-2,7,9-12,22H2,(H2,23,25,29)/t15-,16?/m1/s1. The van der Waals surface area contributed by atoms with Gasteiger partial charge in [-0.2, -0.15) is 0 Å². The van der Waals surface area contributed by atoms with Crippen molar-refractivity contribution in [2.75, 3.05) is 25.0 Å². The van der Waals surface area contributed by atoms with Gasteiger partial charge in [0, 0.05) is 42.4 Å². The summed E-state index contributed by atoms with van der Waals surface area (Å²) in [5, 5.41) is 9.89. The normalized spacial score (nSPS) is 20.8. The van der Waals surface area contributed by atoms with Crippen LogP contribution in [0.15, 0.2) is 30.5 Å². The number of carbonyl (C=O) groups excluding carboxylic acids is 3. The topological polar surface area (TPSA) is 117 Å². The number of nitrogens with two attached hydrogens (primary N) is 1. The third-order valence-electron chi connectivity index (χ3n) is 5.12. The number of urea groups is 1. The van der Waals surface area contributed by atoms with E-state index < -0.39 is 0 Å². The number of fused-ring (bicyclic) bond motifs is 1. The molecule has 1 saturated heterocycles. The Kier molecular flexibility index (Phi) is 6.98. The molecule has 3 amide bonds. The number of ketones is 1. The molecule has 1 aromatic rings. The number of allylic oxidation sites excluding steroid dienone is 1. The summed E-state index contributed by atoms with van der Waals surface area (Å²) in [6.07, 6.45) is 4.48. The van der Waals surface area contributed by atoms with Crippen molar-refractivity contribution < 1.29 is 14.4 Å². The van der Waals surface area contributed by atoms with Crippen molar-refractivity contribution >= 4 is 35.0 Å². The molecule has 1 aromatic carbocycles. The van der Waals surface area contributed by atoms with Gasteiger partial charge in [-0.1, -0.05) is 11.6 Å². The molecule has 8 nitrogen and oxygen atoms in total. The number of rotatable bonds is 6. The first-order valence-electron chi connectivity index (χ1n) is 9.73. The van der Waals surface area contributed by atoms with Gasteiger partial charge in [-0.15, -0.1) is 0 Å². The predicted molar refractivity (Wildman–Crippen MR) is 112 cm³/mol. The van der Waals surface area contributed by atoms with Gasteiger partial charge >= 0.3 is 6.03 Å². The number of likely N-dealkylation sites (tertiary alicyclic amines) is 1. The van der Waals surface area contributed by atoms with E-state index in [1.54, 1.807) is 4.90 Å². The fourth-order valence-electron chi connectivity index (χ4n) is 3.73. The number of benzene rings is 1. The molecule has 3 rings (SSSR count). The summed E-state index contributed by atoms with van der Waals surface area (Å²) >= 11 is 6.02. The molecule has 1 fully saturated rings. The summed E-state index contributed by atoms with van der Waals surface area (Å²) in [6, 6.07) is 5.43. The zero-order valence-corrected chi connectivity index (χ0v) is 16.9. The quantitative estimate of drug-likeness (QED) is 0.411. The maximum atomic E-state index is 12.3. The van der Waals surface area contributed by atoms with Crippen molar-refractivity contribution in [2.24, 2.45) is 5.73 Å². The molecule has 0 spiro atoms. The molecule has 2 aliphatic rings. The first kappa shape index (κ1) is 21.0. The van der Waals surface area contributed by atoms with Crippen LogP contribution in [0.4, 0.5) is 10.5 Å². The maximum Gasteiger partial charge on any atom is 0.315 e. The lowest BCUT2D eigenvalue weighted by atomic mass is 10.1. The number of halogens is 1. The minimum atomic E-state index is -0.323. The monoisotopic (exact) mass is 419 g/mol. The molecule has 0 bridgehead atoms. The second kappa shape index (κ2) is 9.65. The average molecular weight is 420 g/mol. The molecule has 0 saturated carbocycles. The summed E-state index contributed by atoms with van der Waals surface area (Å²) in [6.45, 7) is 1.47. The van der Waals surface area contributed by atoms with Crippen LogP contribution in [-0.2, 0) is 16.0 Å². The van der Waals surface area contributed by atoms with Crippen molar-refractivity contribution in [1.82, 2.24) is 15.5 Å². The van der Waals surface area contributed by atoms with E-state index in [2.05, 4.69) is 16.0 Å². The zero-order valence-electron chi connectivity index (χ0n) is 16.1. The van der Waals surface area contributed by atoms with E-state index in [-0.39, 0.29) is 36.2 Å². The molecular weight excluding hydrogens is 394 g/mol. The molecule has 156 valence electrons. The minimum absolute atomic E-state index is 0.111. The van der Waals surface area contributed by atoms with Crippen molar-refractivity contribution in [3.8, 4) is 0 Å². The Balaban J connectivity index is 1.41. The second-order valence-corrected chi connectivity index (χ2v) is 7.82. The summed E-state index contributed by atoms with van der Waals surface area (Å²) in [4.78, 5) is 37.7. The highest BCUT2D eigenvalue weighted by atomic mass is 35.5. The lowest BCUT2D eigenvalue weighted by Crippen LogP contribution is -2.53. The van der Waals surface area contributed by atoms with Gasteiger partial charge in [-0.25, -0.2) is 4.79 Å². The third-order valence-corrected chi connectivity index (χ3v) is 5.35. The molecule has 0 aromatic heterocycles. The van der Waals surface area contributed by atoms with Crippen molar-refractivity contribution in [3.05, 3.63) is 41.1 Å². The number of amides is 3. The smallest absolute Gasteiger partial charge is 0.315 e. The molecule has 0 radical (unpaired) electrons. The van der Waals surface area contributed by atoms with E-state index in [1.807, 2.05) is 18.2 Å². The number of hydrogen-bond donors (Lipinski definition) is 4. The highest BCUT2D eigenvalue weighted by Gasteiger charge is 2.26. The fraction of sp³-hybridized carbons (Fsp3) is 0.450. The van der Waals surface area contributed by atoms with Crippen LogP contribution in [0.5, 0.6) is 0 Å². The summed E-state index contributed by atoms with van der Waals surface area (Å²) < 4.78 is 0. The zero-order chi connectivity index (χ0) is 20.8. The number of anilines is 1. The Bertz CT molecular complexity index is 813. The largest absolute Gasteiger partial charge is 0.404 e. The predicted octanol–water partition coefficient (Wildman–Crippen LogP) is 1.40. The SMILES string of the molecule is NC=CC(=O)CC(=O)N1CCC[C@@H](NC(=O)NCC2Cc3cc(Cl)ccc3N2)C1. The van der Waals surface area contributed by atoms with Crippen LogP contribution in [0.1, 0.15) is 24.8 Å². The van der Waals surface area contributed by atoms with Crippen LogP contribution in [0, 0.1) is 0 Å².